The van der Waals surface area contributed by atoms with Crippen molar-refractivity contribution in [2.24, 2.45) is 0 Å². The number of thiazole rings is 1. The summed E-state index contributed by atoms with van der Waals surface area (Å²) in [7, 11) is 0. The predicted octanol–water partition coefficient (Wildman–Crippen LogP) is 4.35. The number of hydrogen-bond donors (Lipinski definition) is 1. The molecule has 0 atom stereocenters. The summed E-state index contributed by atoms with van der Waals surface area (Å²) >= 11 is 1.62. The molecule has 0 fully saturated rings. The summed E-state index contributed by atoms with van der Waals surface area (Å²) in [6.45, 7) is 4.49. The van der Waals surface area contributed by atoms with Crippen LogP contribution in [0.25, 0.3) is 11.0 Å². The van der Waals surface area contributed by atoms with Crippen molar-refractivity contribution >= 4 is 28.2 Å². The highest BCUT2D eigenvalue weighted by molar-refractivity contribution is 7.09. The predicted molar refractivity (Wildman–Crippen MR) is 110 cm³/mol. The van der Waals surface area contributed by atoms with Gasteiger partial charge in [-0.25, -0.2) is 4.98 Å². The summed E-state index contributed by atoms with van der Waals surface area (Å²) in [6.07, 6.45) is 1.000. The van der Waals surface area contributed by atoms with Crippen LogP contribution in [0.4, 0.5) is 0 Å². The summed E-state index contributed by atoms with van der Waals surface area (Å²) in [5.74, 6) is -0.0916. The van der Waals surface area contributed by atoms with E-state index in [2.05, 4.69) is 27.6 Å². The molecule has 5 nitrogen and oxygen atoms in total. The second-order valence-corrected chi connectivity index (χ2v) is 7.85. The molecule has 2 heterocycles. The maximum atomic E-state index is 12.4. The maximum Gasteiger partial charge on any atom is 0.226 e. The number of aromatic nitrogens is 2. The Hall–Kier alpha value is -2.99. The van der Waals surface area contributed by atoms with E-state index in [0.717, 1.165) is 39.2 Å². The van der Waals surface area contributed by atoms with Gasteiger partial charge < -0.3 is 9.84 Å². The van der Waals surface area contributed by atoms with E-state index < -0.39 is 0 Å². The fourth-order valence-corrected chi connectivity index (χ4v) is 3.89. The molecule has 28 heavy (non-hydrogen) atoms. The van der Waals surface area contributed by atoms with E-state index in [1.165, 1.54) is 5.56 Å². The van der Waals surface area contributed by atoms with Crippen LogP contribution in [-0.4, -0.2) is 16.0 Å². The Morgan fingerprint density at radius 3 is 2.75 bits per heavy atom. The molecule has 1 N–H and O–H groups in total. The third-order valence-electron chi connectivity index (χ3n) is 4.75. The molecule has 0 aliphatic carbocycles. The molecule has 2 aromatic carbocycles. The molecular formula is C22H21N3O2S. The lowest BCUT2D eigenvalue weighted by atomic mass is 10.1. The minimum absolute atomic E-state index is 0.0916. The zero-order chi connectivity index (χ0) is 19.5. The second kappa shape index (κ2) is 7.94. The van der Waals surface area contributed by atoms with Gasteiger partial charge in [-0.05, 0) is 42.7 Å². The fourth-order valence-electron chi connectivity index (χ4n) is 3.06. The van der Waals surface area contributed by atoms with Crippen LogP contribution in [0.1, 0.15) is 33.1 Å². The van der Waals surface area contributed by atoms with Crippen molar-refractivity contribution in [1.82, 2.24) is 15.5 Å². The number of nitrogens with one attached hydrogen (secondary N) is 1. The van der Waals surface area contributed by atoms with Gasteiger partial charge in [0, 0.05) is 17.2 Å². The van der Waals surface area contributed by atoms with Crippen molar-refractivity contribution in [1.29, 1.82) is 0 Å². The molecule has 0 aliphatic rings. The number of carbonyl (C=O) groups is 1. The van der Waals surface area contributed by atoms with Gasteiger partial charge in [-0.1, -0.05) is 35.5 Å². The maximum absolute atomic E-state index is 12.4. The van der Waals surface area contributed by atoms with Crippen LogP contribution in [0.2, 0.25) is 0 Å². The Morgan fingerprint density at radius 2 is 1.93 bits per heavy atom. The second-order valence-electron chi connectivity index (χ2n) is 6.91. The van der Waals surface area contributed by atoms with Crippen LogP contribution < -0.4 is 5.32 Å². The van der Waals surface area contributed by atoms with Crippen molar-refractivity contribution in [2.45, 2.75) is 33.2 Å². The van der Waals surface area contributed by atoms with E-state index in [9.17, 15) is 4.79 Å². The van der Waals surface area contributed by atoms with Gasteiger partial charge in [0.2, 0.25) is 5.91 Å². The molecule has 0 saturated heterocycles. The number of fused-ring (bicyclic) bond motifs is 1. The number of nitrogens with zero attached hydrogens (tertiary/aromatic N) is 2. The number of amides is 1. The number of rotatable bonds is 6. The summed E-state index contributed by atoms with van der Waals surface area (Å²) in [5, 5.41) is 10.9. The molecule has 2 aromatic heterocycles. The first-order valence-corrected chi connectivity index (χ1v) is 10.1. The quantitative estimate of drug-likeness (QED) is 0.531. The highest BCUT2D eigenvalue weighted by Gasteiger charge is 2.14. The number of aryl methyl sites for hydroxylation is 2. The first-order chi connectivity index (χ1) is 13.6. The highest BCUT2D eigenvalue weighted by atomic mass is 32.1. The van der Waals surface area contributed by atoms with Gasteiger partial charge in [-0.2, -0.15) is 0 Å². The summed E-state index contributed by atoms with van der Waals surface area (Å²) in [5.41, 5.74) is 5.80. The highest BCUT2D eigenvalue weighted by Crippen LogP contribution is 2.23. The molecule has 6 heteroatoms. The SMILES string of the molecule is Cc1cc2onc(CC(=O)NCc3csc(Cc4ccccc4)n3)c2cc1C. The lowest BCUT2D eigenvalue weighted by Crippen LogP contribution is -2.24. The Balaban J connectivity index is 1.36. The molecule has 0 spiro atoms. The van der Waals surface area contributed by atoms with Crippen molar-refractivity contribution in [3.63, 3.8) is 0 Å². The summed E-state index contributed by atoms with van der Waals surface area (Å²) in [4.78, 5) is 17.0. The first-order valence-electron chi connectivity index (χ1n) is 9.18. The van der Waals surface area contributed by atoms with Crippen LogP contribution in [-0.2, 0) is 24.2 Å². The van der Waals surface area contributed by atoms with Crippen molar-refractivity contribution in [2.75, 3.05) is 0 Å². The minimum atomic E-state index is -0.0916. The van der Waals surface area contributed by atoms with E-state index in [-0.39, 0.29) is 12.3 Å². The standard InChI is InChI=1S/C22H21N3O2S/c1-14-8-18-19(25-27-20(18)9-15(14)2)11-21(26)23-12-17-13-28-22(24-17)10-16-6-4-3-5-7-16/h3-9,13H,10-12H2,1-2H3,(H,23,26). The van der Waals surface area contributed by atoms with Gasteiger partial charge in [0.15, 0.2) is 5.58 Å². The minimum Gasteiger partial charge on any atom is -0.356 e. The van der Waals surface area contributed by atoms with E-state index in [1.54, 1.807) is 11.3 Å². The van der Waals surface area contributed by atoms with Crippen molar-refractivity contribution < 1.29 is 9.32 Å². The molecule has 0 radical (unpaired) electrons. The van der Waals surface area contributed by atoms with E-state index in [0.29, 0.717) is 12.2 Å². The van der Waals surface area contributed by atoms with Gasteiger partial charge in [0.05, 0.1) is 23.7 Å². The number of benzene rings is 2. The van der Waals surface area contributed by atoms with Crippen LogP contribution in [0, 0.1) is 13.8 Å². The van der Waals surface area contributed by atoms with Gasteiger partial charge in [-0.3, -0.25) is 4.79 Å². The zero-order valence-corrected chi connectivity index (χ0v) is 16.7. The van der Waals surface area contributed by atoms with Gasteiger partial charge in [-0.15, -0.1) is 11.3 Å². The summed E-state index contributed by atoms with van der Waals surface area (Å²) in [6, 6.07) is 14.2. The zero-order valence-electron chi connectivity index (χ0n) is 15.9. The Morgan fingerprint density at radius 1 is 1.14 bits per heavy atom. The molecular weight excluding hydrogens is 370 g/mol. The lowest BCUT2D eigenvalue weighted by molar-refractivity contribution is -0.120. The molecule has 0 aliphatic heterocycles. The van der Waals surface area contributed by atoms with Crippen molar-refractivity contribution in [3.05, 3.63) is 80.9 Å². The topological polar surface area (TPSA) is 68.0 Å². The molecule has 4 aromatic rings. The van der Waals surface area contributed by atoms with Crippen LogP contribution in [0.5, 0.6) is 0 Å². The molecule has 4 rings (SSSR count). The van der Waals surface area contributed by atoms with Crippen LogP contribution in [0.15, 0.2) is 52.4 Å². The average molecular weight is 391 g/mol. The Kier molecular flexibility index (Phi) is 5.21. The smallest absolute Gasteiger partial charge is 0.226 e. The van der Waals surface area contributed by atoms with Gasteiger partial charge in [0.1, 0.15) is 5.69 Å². The van der Waals surface area contributed by atoms with E-state index in [4.69, 9.17) is 4.52 Å². The van der Waals surface area contributed by atoms with Gasteiger partial charge in [0.25, 0.3) is 0 Å². The largest absolute Gasteiger partial charge is 0.356 e. The number of carbonyl (C=O) groups excluding carboxylic acids is 1. The monoisotopic (exact) mass is 391 g/mol. The molecule has 0 saturated carbocycles. The van der Waals surface area contributed by atoms with E-state index in [1.807, 2.05) is 49.6 Å². The third-order valence-corrected chi connectivity index (χ3v) is 5.65. The average Bonchev–Trinajstić information content (AvgIpc) is 3.29. The molecule has 1 amide bonds. The normalized spacial score (nSPS) is 11.1. The molecule has 0 unspecified atom stereocenters. The number of hydrogen-bond acceptors (Lipinski definition) is 5. The third kappa shape index (κ3) is 4.12. The van der Waals surface area contributed by atoms with Gasteiger partial charge >= 0.3 is 0 Å². The molecule has 142 valence electrons. The molecule has 0 bridgehead atoms. The van der Waals surface area contributed by atoms with Crippen LogP contribution in [0.3, 0.4) is 0 Å². The summed E-state index contributed by atoms with van der Waals surface area (Å²) < 4.78 is 5.37. The fraction of sp³-hybridized carbons (Fsp3) is 0.227. The van der Waals surface area contributed by atoms with Crippen molar-refractivity contribution in [3.8, 4) is 0 Å². The van der Waals surface area contributed by atoms with Crippen LogP contribution >= 0.6 is 11.3 Å². The Bertz CT molecular complexity index is 1120. The lowest BCUT2D eigenvalue weighted by Gasteiger charge is -2.02. The van der Waals surface area contributed by atoms with E-state index >= 15 is 0 Å². The Labute approximate surface area is 167 Å². The first kappa shape index (κ1) is 18.4.